The van der Waals surface area contributed by atoms with Crippen molar-refractivity contribution in [3.05, 3.63) is 21.9 Å². The van der Waals surface area contributed by atoms with Crippen molar-refractivity contribution in [3.63, 3.8) is 0 Å². The normalized spacial score (nSPS) is 35.2. The lowest BCUT2D eigenvalue weighted by molar-refractivity contribution is -0.124. The first-order chi connectivity index (χ1) is 13.3. The molecule has 4 aliphatic rings. The molecule has 1 saturated heterocycles. The molecule has 1 aromatic rings. The molecular weight excluding hydrogens is 358 g/mol. The molecule has 4 nitrogen and oxygen atoms in total. The zero-order chi connectivity index (χ0) is 18.2. The molecule has 5 rings (SSSR count). The van der Waals surface area contributed by atoms with E-state index < -0.39 is 0 Å². The molecule has 0 radical (unpaired) electrons. The third kappa shape index (κ3) is 3.64. The van der Waals surface area contributed by atoms with Gasteiger partial charge in [0.15, 0.2) is 0 Å². The third-order valence-corrected chi connectivity index (χ3v) is 8.48. The summed E-state index contributed by atoms with van der Waals surface area (Å²) in [7, 11) is 0. The van der Waals surface area contributed by atoms with Gasteiger partial charge in [-0.1, -0.05) is 19.3 Å². The van der Waals surface area contributed by atoms with Crippen LogP contribution in [-0.2, 0) is 20.9 Å². The van der Waals surface area contributed by atoms with Crippen LogP contribution in [0.1, 0.15) is 60.6 Å². The minimum atomic E-state index is 0.194. The van der Waals surface area contributed by atoms with Crippen molar-refractivity contribution < 1.29 is 14.3 Å². The fourth-order valence-electron chi connectivity index (χ4n) is 5.90. The Balaban J connectivity index is 1.19. The van der Waals surface area contributed by atoms with Crippen molar-refractivity contribution in [1.29, 1.82) is 0 Å². The first kappa shape index (κ1) is 18.3. The van der Waals surface area contributed by atoms with Gasteiger partial charge in [0, 0.05) is 47.1 Å². The predicted molar refractivity (Wildman–Crippen MR) is 106 cm³/mol. The molecule has 1 aromatic heterocycles. The number of hydrogen-bond acceptors (Lipinski definition) is 5. The Bertz CT molecular complexity index is 662. The van der Waals surface area contributed by atoms with Gasteiger partial charge in [-0.3, -0.25) is 9.69 Å². The Morgan fingerprint density at radius 2 is 1.96 bits per heavy atom. The largest absolute Gasteiger partial charge is 0.379 e. The van der Waals surface area contributed by atoms with E-state index in [1.54, 1.807) is 4.88 Å². The minimum absolute atomic E-state index is 0.194. The maximum Gasteiger partial charge on any atom is 0.138 e. The number of hydrogen-bond donors (Lipinski definition) is 0. The molecule has 27 heavy (non-hydrogen) atoms. The number of nitrogens with zero attached hydrogens (tertiary/aromatic N) is 1. The van der Waals surface area contributed by atoms with Crippen molar-refractivity contribution in [2.45, 2.75) is 69.6 Å². The summed E-state index contributed by atoms with van der Waals surface area (Å²) in [5, 5.41) is 0. The highest BCUT2D eigenvalue weighted by molar-refractivity contribution is 7.12. The van der Waals surface area contributed by atoms with Crippen molar-refractivity contribution in [1.82, 2.24) is 4.90 Å². The molecule has 2 bridgehead atoms. The number of rotatable bonds is 5. The minimum Gasteiger partial charge on any atom is -0.379 e. The topological polar surface area (TPSA) is 38.8 Å². The highest BCUT2D eigenvalue weighted by Crippen LogP contribution is 2.47. The van der Waals surface area contributed by atoms with E-state index in [1.165, 1.54) is 37.0 Å². The summed E-state index contributed by atoms with van der Waals surface area (Å²) in [6.07, 6.45) is 8.79. The average Bonchev–Trinajstić information content (AvgIpc) is 3.40. The summed E-state index contributed by atoms with van der Waals surface area (Å²) in [4.78, 5) is 17.8. The summed E-state index contributed by atoms with van der Waals surface area (Å²) >= 11 is 1.95. The lowest BCUT2D eigenvalue weighted by Gasteiger charge is -2.34. The second-order valence-electron chi connectivity index (χ2n) is 8.80. The molecule has 5 heteroatoms. The summed E-state index contributed by atoms with van der Waals surface area (Å²) in [6, 6.07) is 5.00. The molecule has 0 aromatic carbocycles. The van der Waals surface area contributed by atoms with Crippen LogP contribution in [0.2, 0.25) is 0 Å². The summed E-state index contributed by atoms with van der Waals surface area (Å²) in [5.74, 6) is 1.83. The summed E-state index contributed by atoms with van der Waals surface area (Å²) in [5.41, 5.74) is 0. The lowest BCUT2D eigenvalue weighted by atomic mass is 9.88. The molecule has 0 spiro atoms. The second kappa shape index (κ2) is 7.94. The third-order valence-electron chi connectivity index (χ3n) is 7.26. The van der Waals surface area contributed by atoms with Crippen molar-refractivity contribution in [2.75, 3.05) is 26.3 Å². The Morgan fingerprint density at radius 1 is 1.15 bits per heavy atom. The Hall–Kier alpha value is -0.750. The number of Topliss-reactive ketones (excluding diaryl/α,β-unsaturated/α-hetero) is 1. The highest BCUT2D eigenvalue weighted by Gasteiger charge is 2.55. The smallest absolute Gasteiger partial charge is 0.138 e. The van der Waals surface area contributed by atoms with E-state index in [0.717, 1.165) is 51.7 Å². The van der Waals surface area contributed by atoms with Crippen LogP contribution >= 0.6 is 11.3 Å². The molecule has 0 N–H and O–H groups in total. The maximum atomic E-state index is 12.4. The Labute approximate surface area is 166 Å². The van der Waals surface area contributed by atoms with E-state index in [0.29, 0.717) is 17.7 Å². The fraction of sp³-hybridized carbons (Fsp3) is 0.773. The van der Waals surface area contributed by atoms with E-state index in [9.17, 15) is 4.79 Å². The first-order valence-corrected chi connectivity index (χ1v) is 11.7. The highest BCUT2D eigenvalue weighted by atomic mass is 32.1. The number of ketones is 1. The summed E-state index contributed by atoms with van der Waals surface area (Å²) < 4.78 is 11.9. The van der Waals surface area contributed by atoms with Gasteiger partial charge in [-0.2, -0.15) is 0 Å². The zero-order valence-corrected chi connectivity index (χ0v) is 16.9. The SMILES string of the molecule is O=C1C[C@H]2C(N3CCOCC3)[C@@H]1C[C@H]2OCc1ccc(C2CCCCC2)s1. The van der Waals surface area contributed by atoms with Crippen molar-refractivity contribution >= 4 is 17.1 Å². The van der Waals surface area contributed by atoms with Crippen LogP contribution in [0.4, 0.5) is 0 Å². The van der Waals surface area contributed by atoms with Crippen LogP contribution in [0.25, 0.3) is 0 Å². The number of fused-ring (bicyclic) bond motifs is 2. The van der Waals surface area contributed by atoms with Gasteiger partial charge < -0.3 is 9.47 Å². The number of carbonyl (C=O) groups excluding carboxylic acids is 1. The van der Waals surface area contributed by atoms with E-state index in [4.69, 9.17) is 9.47 Å². The predicted octanol–water partition coefficient (Wildman–Crippen LogP) is 3.99. The van der Waals surface area contributed by atoms with Gasteiger partial charge in [0.25, 0.3) is 0 Å². The van der Waals surface area contributed by atoms with Gasteiger partial charge in [0.2, 0.25) is 0 Å². The molecule has 3 aliphatic carbocycles. The standard InChI is InChI=1S/C22H31NO3S/c24-19-12-18-20(13-17(19)22(18)23-8-10-25-11-9-23)26-14-16-6-7-21(27-16)15-4-2-1-3-5-15/h6-7,15,17-18,20,22H,1-5,8-14H2/t17-,18-,20-,22?/m1/s1. The van der Waals surface area contributed by atoms with Gasteiger partial charge in [-0.15, -0.1) is 11.3 Å². The fourth-order valence-corrected chi connectivity index (χ4v) is 7.01. The molecule has 148 valence electrons. The van der Waals surface area contributed by atoms with Crippen molar-refractivity contribution in [2.24, 2.45) is 11.8 Å². The number of ether oxygens (including phenoxy) is 2. The van der Waals surface area contributed by atoms with E-state index in [2.05, 4.69) is 17.0 Å². The van der Waals surface area contributed by atoms with Crippen LogP contribution in [0.3, 0.4) is 0 Å². The molecule has 4 atom stereocenters. The first-order valence-electron chi connectivity index (χ1n) is 10.8. The molecular formula is C22H31NO3S. The van der Waals surface area contributed by atoms with Gasteiger partial charge in [0.05, 0.1) is 25.9 Å². The molecule has 3 saturated carbocycles. The van der Waals surface area contributed by atoms with Crippen LogP contribution in [0, 0.1) is 11.8 Å². The van der Waals surface area contributed by atoms with E-state index in [-0.39, 0.29) is 12.0 Å². The molecule has 2 heterocycles. The van der Waals surface area contributed by atoms with Gasteiger partial charge >= 0.3 is 0 Å². The van der Waals surface area contributed by atoms with E-state index in [1.807, 2.05) is 11.3 Å². The van der Waals surface area contributed by atoms with Crippen LogP contribution in [-0.4, -0.2) is 49.1 Å². The number of morpholine rings is 1. The molecule has 1 aliphatic heterocycles. The van der Waals surface area contributed by atoms with Crippen LogP contribution in [0.15, 0.2) is 12.1 Å². The Morgan fingerprint density at radius 3 is 2.78 bits per heavy atom. The van der Waals surface area contributed by atoms with E-state index >= 15 is 0 Å². The van der Waals surface area contributed by atoms with Gasteiger partial charge in [-0.05, 0) is 37.3 Å². The molecule has 4 fully saturated rings. The molecule has 0 amide bonds. The number of thiophene rings is 1. The summed E-state index contributed by atoms with van der Waals surface area (Å²) in [6.45, 7) is 4.25. The van der Waals surface area contributed by atoms with Gasteiger partial charge in [0.1, 0.15) is 5.78 Å². The lowest BCUT2D eigenvalue weighted by Crippen LogP contribution is -2.46. The number of carbonyl (C=O) groups is 1. The van der Waals surface area contributed by atoms with Gasteiger partial charge in [-0.25, -0.2) is 0 Å². The van der Waals surface area contributed by atoms with Crippen molar-refractivity contribution in [3.8, 4) is 0 Å². The average molecular weight is 390 g/mol. The van der Waals surface area contributed by atoms with Crippen LogP contribution < -0.4 is 0 Å². The molecule has 1 unspecified atom stereocenters. The quantitative estimate of drug-likeness (QED) is 0.763. The maximum absolute atomic E-state index is 12.4. The Kier molecular flexibility index (Phi) is 5.38. The van der Waals surface area contributed by atoms with Crippen LogP contribution in [0.5, 0.6) is 0 Å². The monoisotopic (exact) mass is 389 g/mol. The zero-order valence-electron chi connectivity index (χ0n) is 16.1. The second-order valence-corrected chi connectivity index (χ2v) is 10.0.